The van der Waals surface area contributed by atoms with E-state index in [1.165, 1.54) is 23.3 Å². The molecule has 0 radical (unpaired) electrons. The van der Waals surface area contributed by atoms with Crippen LogP contribution in [0, 0.1) is 6.92 Å². The summed E-state index contributed by atoms with van der Waals surface area (Å²) >= 11 is 1.54. The average Bonchev–Trinajstić information content (AvgIpc) is 2.78. The van der Waals surface area contributed by atoms with E-state index in [1.54, 1.807) is 34.5 Å². The Labute approximate surface area is 191 Å². The first-order valence-electron chi connectivity index (χ1n) is 10.1. The third-order valence-corrected chi connectivity index (χ3v) is 7.28. The number of sulfonamides is 1. The Morgan fingerprint density at radius 1 is 0.969 bits per heavy atom. The molecule has 0 saturated carbocycles. The van der Waals surface area contributed by atoms with E-state index in [4.69, 9.17) is 10.1 Å². The molecule has 0 aliphatic rings. The molecular weight excluding hydrogens is 442 g/mol. The first-order chi connectivity index (χ1) is 15.3. The first kappa shape index (κ1) is 22.3. The van der Waals surface area contributed by atoms with E-state index in [0.29, 0.717) is 34.8 Å². The summed E-state index contributed by atoms with van der Waals surface area (Å²) in [5.41, 5.74) is 3.91. The predicted molar refractivity (Wildman–Crippen MR) is 128 cm³/mol. The number of nitrogens with two attached hydrogens (primary N) is 1. The molecule has 0 aliphatic heterocycles. The van der Waals surface area contributed by atoms with Gasteiger partial charge in [-0.1, -0.05) is 60.3 Å². The molecule has 0 bridgehead atoms. The number of aromatic nitrogens is 2. The molecule has 164 valence electrons. The molecule has 32 heavy (non-hydrogen) atoms. The van der Waals surface area contributed by atoms with E-state index in [0.717, 1.165) is 5.56 Å². The van der Waals surface area contributed by atoms with Crippen LogP contribution in [-0.4, -0.2) is 18.0 Å². The van der Waals surface area contributed by atoms with Crippen LogP contribution in [0.25, 0.3) is 10.9 Å². The molecule has 4 aromatic rings. The first-order valence-corrected chi connectivity index (χ1v) is 12.6. The van der Waals surface area contributed by atoms with Crippen LogP contribution in [0.5, 0.6) is 0 Å². The Morgan fingerprint density at radius 2 is 1.66 bits per heavy atom. The topological polar surface area (TPSA) is 95.0 Å². The molecule has 0 atom stereocenters. The van der Waals surface area contributed by atoms with Crippen molar-refractivity contribution in [1.29, 1.82) is 0 Å². The molecular formula is C24H23N3O3S2. The molecule has 0 amide bonds. The highest BCUT2D eigenvalue weighted by Crippen LogP contribution is 2.24. The molecule has 0 aliphatic carbocycles. The lowest BCUT2D eigenvalue weighted by atomic mass is 10.1. The van der Waals surface area contributed by atoms with Crippen molar-refractivity contribution < 1.29 is 8.42 Å². The van der Waals surface area contributed by atoms with E-state index >= 15 is 0 Å². The second-order valence-corrected chi connectivity index (χ2v) is 10.0. The fraction of sp³-hybridized carbons (Fsp3) is 0.167. The molecule has 0 saturated heterocycles. The number of para-hydroxylation sites is 1. The van der Waals surface area contributed by atoms with E-state index in [9.17, 15) is 13.2 Å². The summed E-state index contributed by atoms with van der Waals surface area (Å²) in [6.45, 7) is 2.50. The number of nitrogens with zero attached hydrogens (tertiary/aromatic N) is 2. The van der Waals surface area contributed by atoms with Crippen LogP contribution in [0.1, 0.15) is 16.7 Å². The van der Waals surface area contributed by atoms with Gasteiger partial charge in [-0.05, 0) is 54.3 Å². The van der Waals surface area contributed by atoms with Crippen LogP contribution in [0.2, 0.25) is 0 Å². The van der Waals surface area contributed by atoms with Crippen LogP contribution in [0.3, 0.4) is 0 Å². The van der Waals surface area contributed by atoms with Crippen molar-refractivity contribution in [2.24, 2.45) is 5.14 Å². The van der Waals surface area contributed by atoms with Gasteiger partial charge in [0.15, 0.2) is 5.16 Å². The number of aryl methyl sites for hydroxylation is 2. The van der Waals surface area contributed by atoms with Crippen LogP contribution in [0.4, 0.5) is 0 Å². The zero-order valence-corrected chi connectivity index (χ0v) is 19.2. The van der Waals surface area contributed by atoms with Gasteiger partial charge in [0.2, 0.25) is 10.0 Å². The minimum atomic E-state index is -3.73. The fourth-order valence-corrected chi connectivity index (χ4v) is 5.07. The minimum Gasteiger partial charge on any atom is -0.287 e. The zero-order valence-electron chi connectivity index (χ0n) is 17.6. The van der Waals surface area contributed by atoms with Crippen molar-refractivity contribution in [2.75, 3.05) is 0 Å². The molecule has 0 spiro atoms. The van der Waals surface area contributed by atoms with E-state index < -0.39 is 10.0 Å². The van der Waals surface area contributed by atoms with Crippen molar-refractivity contribution in [3.8, 4) is 0 Å². The van der Waals surface area contributed by atoms with E-state index in [2.05, 4.69) is 19.1 Å². The van der Waals surface area contributed by atoms with Crippen molar-refractivity contribution in [3.63, 3.8) is 0 Å². The normalized spacial score (nSPS) is 11.7. The standard InChI is InChI=1S/C24H23N3O3S2/c1-17-6-2-3-7-19(17)16-31-24-26-22-9-5-4-8-21(22)23(28)27(24)15-14-18-10-12-20(13-11-18)32(25,29)30/h2-13H,14-16H2,1H3,(H2,25,29,30). The predicted octanol–water partition coefficient (Wildman–Crippen LogP) is 3.89. The summed E-state index contributed by atoms with van der Waals surface area (Å²) < 4.78 is 24.7. The van der Waals surface area contributed by atoms with Gasteiger partial charge in [0.1, 0.15) is 0 Å². The van der Waals surface area contributed by atoms with Crippen molar-refractivity contribution in [2.45, 2.75) is 35.7 Å². The third kappa shape index (κ3) is 4.93. The Kier molecular flexibility index (Phi) is 6.45. The Morgan fingerprint density at radius 3 is 2.38 bits per heavy atom. The van der Waals surface area contributed by atoms with E-state index in [-0.39, 0.29) is 10.5 Å². The number of hydrogen-bond donors (Lipinski definition) is 1. The largest absolute Gasteiger partial charge is 0.287 e. The fourth-order valence-electron chi connectivity index (χ4n) is 3.46. The molecule has 4 rings (SSSR count). The van der Waals surface area contributed by atoms with Crippen LogP contribution >= 0.6 is 11.8 Å². The maximum atomic E-state index is 13.2. The maximum absolute atomic E-state index is 13.2. The second kappa shape index (κ2) is 9.28. The van der Waals surface area contributed by atoms with Crippen LogP contribution in [0.15, 0.2) is 87.6 Å². The SMILES string of the molecule is Cc1ccccc1CSc1nc2ccccc2c(=O)n1CCc1ccc(S(N)(=O)=O)cc1. The Hall–Kier alpha value is -2.94. The van der Waals surface area contributed by atoms with Crippen molar-refractivity contribution >= 4 is 32.7 Å². The van der Waals surface area contributed by atoms with Gasteiger partial charge in [-0.2, -0.15) is 0 Å². The molecule has 1 aromatic heterocycles. The van der Waals surface area contributed by atoms with Gasteiger partial charge >= 0.3 is 0 Å². The number of fused-ring (bicyclic) bond motifs is 1. The summed E-state index contributed by atoms with van der Waals surface area (Å²) in [6.07, 6.45) is 0.558. The van der Waals surface area contributed by atoms with Crippen molar-refractivity contribution in [1.82, 2.24) is 9.55 Å². The molecule has 6 nitrogen and oxygen atoms in total. The number of benzene rings is 3. The lowest BCUT2D eigenvalue weighted by Gasteiger charge is -2.14. The highest BCUT2D eigenvalue weighted by Gasteiger charge is 2.13. The maximum Gasteiger partial charge on any atom is 0.262 e. The quantitative estimate of drug-likeness (QED) is 0.330. The Balaban J connectivity index is 1.64. The van der Waals surface area contributed by atoms with E-state index in [1.807, 2.05) is 30.3 Å². The lowest BCUT2D eigenvalue weighted by Crippen LogP contribution is -2.24. The molecule has 0 fully saturated rings. The minimum absolute atomic E-state index is 0.0697. The molecule has 8 heteroatoms. The number of primary sulfonamides is 1. The smallest absolute Gasteiger partial charge is 0.262 e. The third-order valence-electron chi connectivity index (χ3n) is 5.32. The van der Waals surface area contributed by atoms with Crippen molar-refractivity contribution in [3.05, 3.63) is 99.8 Å². The summed E-state index contributed by atoms with van der Waals surface area (Å²) in [5.74, 6) is 0.709. The van der Waals surface area contributed by atoms with Gasteiger partial charge in [0, 0.05) is 12.3 Å². The van der Waals surface area contributed by atoms with Gasteiger partial charge in [-0.25, -0.2) is 18.5 Å². The van der Waals surface area contributed by atoms with Gasteiger partial charge < -0.3 is 0 Å². The summed E-state index contributed by atoms with van der Waals surface area (Å²) in [6, 6.07) is 21.9. The summed E-state index contributed by atoms with van der Waals surface area (Å²) in [4.78, 5) is 18.1. The van der Waals surface area contributed by atoms with Gasteiger partial charge in [-0.3, -0.25) is 9.36 Å². The highest BCUT2D eigenvalue weighted by molar-refractivity contribution is 7.98. The lowest BCUT2D eigenvalue weighted by molar-refractivity contribution is 0.594. The number of rotatable bonds is 7. The van der Waals surface area contributed by atoms with Crippen LogP contribution in [-0.2, 0) is 28.7 Å². The van der Waals surface area contributed by atoms with Gasteiger partial charge in [-0.15, -0.1) is 0 Å². The second-order valence-electron chi connectivity index (χ2n) is 7.52. The highest BCUT2D eigenvalue weighted by atomic mass is 32.2. The molecule has 0 unspecified atom stereocenters. The number of hydrogen-bond acceptors (Lipinski definition) is 5. The average molecular weight is 466 g/mol. The summed E-state index contributed by atoms with van der Waals surface area (Å²) in [5, 5.41) is 6.42. The van der Waals surface area contributed by atoms with Gasteiger partial charge in [0.25, 0.3) is 5.56 Å². The van der Waals surface area contributed by atoms with Gasteiger partial charge in [0.05, 0.1) is 15.8 Å². The molecule has 3 aromatic carbocycles. The monoisotopic (exact) mass is 465 g/mol. The zero-order chi connectivity index (χ0) is 22.7. The summed E-state index contributed by atoms with van der Waals surface area (Å²) in [7, 11) is -3.73. The number of thioether (sulfide) groups is 1. The molecule has 1 heterocycles. The Bertz CT molecular complexity index is 1430. The molecule has 2 N–H and O–H groups in total. The van der Waals surface area contributed by atoms with Crippen LogP contribution < -0.4 is 10.7 Å².